The van der Waals surface area contributed by atoms with Crippen LogP contribution in [0.25, 0.3) is 21.5 Å². The molecule has 0 saturated carbocycles. The highest BCUT2D eigenvalue weighted by molar-refractivity contribution is 7.22. The maximum atomic E-state index is 6.17. The van der Waals surface area contributed by atoms with Crippen molar-refractivity contribution in [3.63, 3.8) is 0 Å². The zero-order chi connectivity index (χ0) is 17.2. The standard InChI is InChI=1S/C19H14ClN3OS/c1-12-6-7-13(10-15(12)20)17-9-8-14(24-17)11-21-23-19-22-16-4-2-3-5-18(16)25-19/h2-11H,1H3,(H,22,23). The van der Waals surface area contributed by atoms with Gasteiger partial charge in [0.25, 0.3) is 0 Å². The van der Waals surface area contributed by atoms with Crippen molar-refractivity contribution in [3.8, 4) is 11.3 Å². The molecule has 0 fully saturated rings. The molecular formula is C19H14ClN3OS. The molecule has 0 amide bonds. The van der Waals surface area contributed by atoms with Crippen molar-refractivity contribution in [3.05, 3.63) is 70.9 Å². The van der Waals surface area contributed by atoms with Gasteiger partial charge < -0.3 is 4.42 Å². The summed E-state index contributed by atoms with van der Waals surface area (Å²) in [5, 5.41) is 5.67. The number of hydrazone groups is 1. The molecule has 4 nitrogen and oxygen atoms in total. The van der Waals surface area contributed by atoms with E-state index in [1.165, 1.54) is 0 Å². The minimum absolute atomic E-state index is 0.653. The van der Waals surface area contributed by atoms with Crippen LogP contribution in [-0.2, 0) is 0 Å². The number of nitrogens with one attached hydrogen (secondary N) is 1. The molecule has 0 unspecified atom stereocenters. The van der Waals surface area contributed by atoms with Gasteiger partial charge in [-0.3, -0.25) is 5.43 Å². The van der Waals surface area contributed by atoms with E-state index < -0.39 is 0 Å². The van der Waals surface area contributed by atoms with Gasteiger partial charge in [-0.25, -0.2) is 4.98 Å². The van der Waals surface area contributed by atoms with Crippen LogP contribution in [0.2, 0.25) is 5.02 Å². The summed E-state index contributed by atoms with van der Waals surface area (Å²) in [7, 11) is 0. The topological polar surface area (TPSA) is 50.4 Å². The Labute approximate surface area is 153 Å². The van der Waals surface area contributed by atoms with E-state index in [9.17, 15) is 0 Å². The number of thiazole rings is 1. The average Bonchev–Trinajstić information content (AvgIpc) is 3.24. The minimum atomic E-state index is 0.653. The number of aromatic nitrogens is 1. The summed E-state index contributed by atoms with van der Waals surface area (Å²) >= 11 is 7.73. The number of hydrogen-bond acceptors (Lipinski definition) is 5. The summed E-state index contributed by atoms with van der Waals surface area (Å²) in [5.41, 5.74) is 5.88. The molecule has 1 N–H and O–H groups in total. The van der Waals surface area contributed by atoms with E-state index in [2.05, 4.69) is 15.5 Å². The van der Waals surface area contributed by atoms with Crippen LogP contribution in [0.3, 0.4) is 0 Å². The van der Waals surface area contributed by atoms with Gasteiger partial charge in [-0.05, 0) is 42.8 Å². The number of furan rings is 1. The first-order valence-corrected chi connectivity index (χ1v) is 8.89. The number of rotatable bonds is 4. The third-order valence-electron chi connectivity index (χ3n) is 3.73. The molecule has 4 rings (SSSR count). The number of halogens is 1. The van der Waals surface area contributed by atoms with Gasteiger partial charge in [-0.2, -0.15) is 5.10 Å². The molecule has 2 aromatic heterocycles. The predicted octanol–water partition coefficient (Wildman–Crippen LogP) is 5.96. The lowest BCUT2D eigenvalue weighted by atomic mass is 10.1. The lowest BCUT2D eigenvalue weighted by molar-refractivity contribution is 0.575. The van der Waals surface area contributed by atoms with E-state index in [-0.39, 0.29) is 0 Å². The molecular weight excluding hydrogens is 354 g/mol. The molecule has 4 aromatic rings. The number of aryl methyl sites for hydroxylation is 1. The fourth-order valence-electron chi connectivity index (χ4n) is 2.39. The van der Waals surface area contributed by atoms with Gasteiger partial charge in [0.2, 0.25) is 5.13 Å². The van der Waals surface area contributed by atoms with Gasteiger partial charge >= 0.3 is 0 Å². The molecule has 25 heavy (non-hydrogen) atoms. The van der Waals surface area contributed by atoms with Crippen LogP contribution >= 0.6 is 22.9 Å². The Bertz CT molecular complexity index is 1030. The molecule has 2 heterocycles. The molecule has 0 aliphatic carbocycles. The first kappa shape index (κ1) is 15.9. The predicted molar refractivity (Wildman–Crippen MR) is 105 cm³/mol. The molecule has 0 aliphatic rings. The molecule has 124 valence electrons. The highest BCUT2D eigenvalue weighted by Gasteiger charge is 2.06. The van der Waals surface area contributed by atoms with Gasteiger partial charge in [0.05, 0.1) is 16.4 Å². The summed E-state index contributed by atoms with van der Waals surface area (Å²) in [6, 6.07) is 17.6. The lowest BCUT2D eigenvalue weighted by Crippen LogP contribution is -1.88. The van der Waals surface area contributed by atoms with Gasteiger partial charge in [0, 0.05) is 10.6 Å². The van der Waals surface area contributed by atoms with E-state index >= 15 is 0 Å². The Morgan fingerprint density at radius 1 is 1.16 bits per heavy atom. The third-order valence-corrected chi connectivity index (χ3v) is 5.08. The second-order valence-electron chi connectivity index (χ2n) is 5.52. The second-order valence-corrected chi connectivity index (χ2v) is 6.96. The molecule has 0 bridgehead atoms. The Hall–Kier alpha value is -2.63. The minimum Gasteiger partial charge on any atom is -0.455 e. The first-order chi connectivity index (χ1) is 12.2. The van der Waals surface area contributed by atoms with Crippen molar-refractivity contribution < 1.29 is 4.42 Å². The lowest BCUT2D eigenvalue weighted by Gasteiger charge is -2.00. The Kier molecular flexibility index (Phi) is 4.26. The molecule has 0 spiro atoms. The van der Waals surface area contributed by atoms with Crippen LogP contribution in [0.15, 0.2) is 64.1 Å². The highest BCUT2D eigenvalue weighted by Crippen LogP contribution is 2.27. The van der Waals surface area contributed by atoms with Crippen LogP contribution in [0.1, 0.15) is 11.3 Å². The maximum absolute atomic E-state index is 6.17. The summed E-state index contributed by atoms with van der Waals surface area (Å²) in [4.78, 5) is 4.46. The number of hydrogen-bond donors (Lipinski definition) is 1. The van der Waals surface area contributed by atoms with Crippen molar-refractivity contribution in [1.29, 1.82) is 0 Å². The zero-order valence-electron chi connectivity index (χ0n) is 13.4. The Morgan fingerprint density at radius 2 is 2.04 bits per heavy atom. The number of fused-ring (bicyclic) bond motifs is 1. The van der Waals surface area contributed by atoms with Gasteiger partial charge in [-0.15, -0.1) is 0 Å². The summed E-state index contributed by atoms with van der Waals surface area (Å²) in [6.07, 6.45) is 1.63. The Morgan fingerprint density at radius 3 is 2.88 bits per heavy atom. The molecule has 2 aromatic carbocycles. The number of benzene rings is 2. The van der Waals surface area contributed by atoms with Crippen molar-refractivity contribution in [2.75, 3.05) is 5.43 Å². The van der Waals surface area contributed by atoms with Gasteiger partial charge in [-0.1, -0.05) is 47.2 Å². The molecule has 0 aliphatic heterocycles. The smallest absolute Gasteiger partial charge is 0.204 e. The quantitative estimate of drug-likeness (QED) is 0.357. The van der Waals surface area contributed by atoms with Crippen molar-refractivity contribution in [2.24, 2.45) is 5.10 Å². The van der Waals surface area contributed by atoms with Crippen LogP contribution in [0.4, 0.5) is 5.13 Å². The van der Waals surface area contributed by atoms with E-state index in [4.69, 9.17) is 16.0 Å². The molecule has 6 heteroatoms. The summed E-state index contributed by atoms with van der Waals surface area (Å²) in [6.45, 7) is 1.97. The van der Waals surface area contributed by atoms with Gasteiger partial charge in [0.1, 0.15) is 11.5 Å². The van der Waals surface area contributed by atoms with E-state index in [1.54, 1.807) is 17.6 Å². The summed E-state index contributed by atoms with van der Waals surface area (Å²) < 4.78 is 6.92. The first-order valence-electron chi connectivity index (χ1n) is 7.70. The van der Waals surface area contributed by atoms with Gasteiger partial charge in [0.15, 0.2) is 0 Å². The Balaban J connectivity index is 1.48. The average molecular weight is 368 g/mol. The SMILES string of the molecule is Cc1ccc(-c2ccc(C=NNc3nc4ccccc4s3)o2)cc1Cl. The molecule has 0 atom stereocenters. The van der Waals surface area contributed by atoms with Crippen molar-refractivity contribution in [1.82, 2.24) is 4.98 Å². The number of nitrogens with zero attached hydrogens (tertiary/aromatic N) is 2. The van der Waals surface area contributed by atoms with E-state index in [0.717, 1.165) is 37.3 Å². The summed E-state index contributed by atoms with van der Waals surface area (Å²) in [5.74, 6) is 1.41. The number of anilines is 1. The van der Waals surface area contributed by atoms with Crippen molar-refractivity contribution in [2.45, 2.75) is 6.92 Å². The molecule has 0 saturated heterocycles. The fourth-order valence-corrected chi connectivity index (χ4v) is 3.39. The van der Waals surface area contributed by atoms with E-state index in [0.29, 0.717) is 5.76 Å². The fraction of sp³-hybridized carbons (Fsp3) is 0.0526. The monoisotopic (exact) mass is 367 g/mol. The number of para-hydroxylation sites is 1. The van der Waals surface area contributed by atoms with Crippen LogP contribution in [0, 0.1) is 6.92 Å². The third kappa shape index (κ3) is 3.43. The van der Waals surface area contributed by atoms with Crippen LogP contribution in [0.5, 0.6) is 0 Å². The molecule has 0 radical (unpaired) electrons. The second kappa shape index (κ2) is 6.70. The zero-order valence-corrected chi connectivity index (χ0v) is 14.9. The van der Waals surface area contributed by atoms with E-state index in [1.807, 2.05) is 61.5 Å². The maximum Gasteiger partial charge on any atom is 0.204 e. The normalized spacial score (nSPS) is 11.4. The highest BCUT2D eigenvalue weighted by atomic mass is 35.5. The van der Waals surface area contributed by atoms with Crippen LogP contribution in [-0.4, -0.2) is 11.2 Å². The van der Waals surface area contributed by atoms with Crippen LogP contribution < -0.4 is 5.43 Å². The van der Waals surface area contributed by atoms with Crippen molar-refractivity contribution >= 4 is 44.5 Å². The largest absolute Gasteiger partial charge is 0.455 e.